The number of furan rings is 1. The summed E-state index contributed by atoms with van der Waals surface area (Å²) in [5, 5.41) is 4.88. The van der Waals surface area contributed by atoms with Gasteiger partial charge in [0.25, 0.3) is 0 Å². The van der Waals surface area contributed by atoms with Crippen LogP contribution in [0.1, 0.15) is 29.1 Å². The fourth-order valence-corrected chi connectivity index (χ4v) is 5.35. The van der Waals surface area contributed by atoms with Crippen LogP contribution in [0.4, 0.5) is 5.69 Å². The maximum Gasteiger partial charge on any atom is 0.231 e. The summed E-state index contributed by atoms with van der Waals surface area (Å²) in [5.41, 5.74) is 3.02. The van der Waals surface area contributed by atoms with Crippen LogP contribution in [0.2, 0.25) is 0 Å². The number of ether oxygens (including phenoxy) is 2. The molecule has 4 heterocycles. The molecule has 0 amide bonds. The van der Waals surface area contributed by atoms with Crippen LogP contribution < -0.4 is 19.7 Å². The van der Waals surface area contributed by atoms with Gasteiger partial charge in [-0.05, 0) is 67.7 Å². The molecule has 2 aromatic heterocycles. The van der Waals surface area contributed by atoms with Crippen LogP contribution in [0.25, 0.3) is 0 Å². The van der Waals surface area contributed by atoms with E-state index in [1.165, 1.54) is 5.56 Å². The van der Waals surface area contributed by atoms with Gasteiger partial charge in [0.05, 0.1) is 11.7 Å². The van der Waals surface area contributed by atoms with E-state index in [1.54, 1.807) is 18.0 Å². The molecule has 2 aromatic carbocycles. The van der Waals surface area contributed by atoms with Gasteiger partial charge < -0.3 is 24.1 Å². The van der Waals surface area contributed by atoms with Gasteiger partial charge >= 0.3 is 0 Å². The zero-order valence-electron chi connectivity index (χ0n) is 18.3. The lowest BCUT2D eigenvalue weighted by Crippen LogP contribution is -2.29. The number of nitrogens with zero attached hydrogens (tertiary/aromatic N) is 2. The van der Waals surface area contributed by atoms with Crippen molar-refractivity contribution in [1.29, 1.82) is 0 Å². The van der Waals surface area contributed by atoms with E-state index in [2.05, 4.69) is 46.4 Å². The summed E-state index contributed by atoms with van der Waals surface area (Å²) >= 11 is 7.39. The molecule has 1 N–H and O–H groups in total. The molecule has 2 aliphatic heterocycles. The number of thiocarbonyl (C=S) groups is 1. The van der Waals surface area contributed by atoms with Crippen molar-refractivity contribution in [1.82, 2.24) is 10.3 Å². The Bertz CT molecular complexity index is 1340. The molecule has 6 rings (SSSR count). The van der Waals surface area contributed by atoms with Gasteiger partial charge in [-0.25, -0.2) is 0 Å². The second-order valence-corrected chi connectivity index (χ2v) is 9.57. The summed E-state index contributed by atoms with van der Waals surface area (Å²) in [6.07, 6.45) is 1.79. The Morgan fingerprint density at radius 2 is 1.85 bits per heavy atom. The Labute approximate surface area is 206 Å². The summed E-state index contributed by atoms with van der Waals surface area (Å²) in [6, 6.07) is 23.8. The third-order valence-corrected chi connectivity index (χ3v) is 7.11. The van der Waals surface area contributed by atoms with Gasteiger partial charge in [0.2, 0.25) is 6.79 Å². The first-order valence-electron chi connectivity index (χ1n) is 10.9. The molecule has 1 fully saturated rings. The van der Waals surface area contributed by atoms with Crippen LogP contribution >= 0.6 is 24.0 Å². The minimum Gasteiger partial charge on any atom is -0.454 e. The van der Waals surface area contributed by atoms with Gasteiger partial charge in [0, 0.05) is 22.8 Å². The first kappa shape index (κ1) is 21.1. The van der Waals surface area contributed by atoms with E-state index < -0.39 is 0 Å². The fraction of sp³-hybridized carbons (Fsp3) is 0.154. The maximum absolute atomic E-state index is 6.38. The highest BCUT2D eigenvalue weighted by Crippen LogP contribution is 2.45. The smallest absolute Gasteiger partial charge is 0.231 e. The number of hydrogen-bond acceptors (Lipinski definition) is 6. The number of pyridine rings is 1. The Kier molecular flexibility index (Phi) is 5.39. The summed E-state index contributed by atoms with van der Waals surface area (Å²) in [6.45, 7) is 2.30. The van der Waals surface area contributed by atoms with Crippen molar-refractivity contribution in [2.24, 2.45) is 0 Å². The molecule has 0 saturated carbocycles. The molecule has 0 aliphatic carbocycles. The molecule has 4 aromatic rings. The lowest BCUT2D eigenvalue weighted by Gasteiger charge is -2.26. The molecule has 0 bridgehead atoms. The van der Waals surface area contributed by atoms with Crippen LogP contribution in [-0.4, -0.2) is 16.9 Å². The minimum absolute atomic E-state index is 0.178. The average Bonchev–Trinajstić information content (AvgIpc) is 3.59. The monoisotopic (exact) mass is 487 g/mol. The third-order valence-electron chi connectivity index (χ3n) is 5.87. The number of aromatic nitrogens is 1. The van der Waals surface area contributed by atoms with E-state index in [4.69, 9.17) is 26.1 Å². The van der Waals surface area contributed by atoms with Crippen molar-refractivity contribution in [3.63, 3.8) is 0 Å². The lowest BCUT2D eigenvalue weighted by molar-refractivity contribution is 0.174. The second kappa shape index (κ2) is 8.70. The molecule has 1 saturated heterocycles. The zero-order valence-corrected chi connectivity index (χ0v) is 19.9. The number of anilines is 1. The number of fused-ring (bicyclic) bond motifs is 1. The number of aryl methyl sites for hydroxylation is 1. The van der Waals surface area contributed by atoms with Gasteiger partial charge in [-0.15, -0.1) is 0 Å². The summed E-state index contributed by atoms with van der Waals surface area (Å²) < 4.78 is 17.5. The molecule has 8 heteroatoms. The summed E-state index contributed by atoms with van der Waals surface area (Å²) in [5.74, 6) is 2.24. The molecule has 2 unspecified atom stereocenters. The van der Waals surface area contributed by atoms with Crippen LogP contribution in [-0.2, 0) is 0 Å². The largest absolute Gasteiger partial charge is 0.454 e. The summed E-state index contributed by atoms with van der Waals surface area (Å²) in [4.78, 5) is 7.79. The number of hydrogen-bond donors (Lipinski definition) is 1. The Balaban J connectivity index is 1.38. The topological polar surface area (TPSA) is 59.8 Å². The van der Waals surface area contributed by atoms with Crippen molar-refractivity contribution in [3.8, 4) is 11.5 Å². The average molecular weight is 488 g/mol. The quantitative estimate of drug-likeness (QED) is 0.342. The fourth-order valence-electron chi connectivity index (χ4n) is 4.23. The van der Waals surface area contributed by atoms with Crippen molar-refractivity contribution >= 4 is 34.8 Å². The molecular weight excluding hydrogens is 466 g/mol. The summed E-state index contributed by atoms with van der Waals surface area (Å²) in [7, 11) is 0. The van der Waals surface area contributed by atoms with Crippen LogP contribution in [0.15, 0.2) is 93.4 Å². The molecule has 2 atom stereocenters. The molecule has 34 heavy (non-hydrogen) atoms. The van der Waals surface area contributed by atoms with Gasteiger partial charge in [-0.2, -0.15) is 0 Å². The van der Waals surface area contributed by atoms with E-state index in [1.807, 2.05) is 48.5 Å². The van der Waals surface area contributed by atoms with Crippen molar-refractivity contribution < 1.29 is 13.9 Å². The van der Waals surface area contributed by atoms with Crippen LogP contribution in [0.3, 0.4) is 0 Å². The normalized spacial score (nSPS) is 18.9. The van der Waals surface area contributed by atoms with Crippen molar-refractivity contribution in [2.45, 2.75) is 29.0 Å². The number of nitrogens with one attached hydrogen (secondary N) is 1. The van der Waals surface area contributed by atoms with Gasteiger partial charge in [-0.3, -0.25) is 4.98 Å². The van der Waals surface area contributed by atoms with Crippen LogP contribution in [0.5, 0.6) is 11.5 Å². The minimum atomic E-state index is -0.227. The van der Waals surface area contributed by atoms with Crippen molar-refractivity contribution in [2.75, 3.05) is 11.7 Å². The van der Waals surface area contributed by atoms with Crippen LogP contribution in [0, 0.1) is 6.92 Å². The van der Waals surface area contributed by atoms with E-state index in [0.717, 1.165) is 32.9 Å². The number of rotatable bonds is 5. The Morgan fingerprint density at radius 3 is 2.68 bits per heavy atom. The second-order valence-electron chi connectivity index (χ2n) is 8.11. The maximum atomic E-state index is 6.38. The van der Waals surface area contributed by atoms with E-state index in [9.17, 15) is 0 Å². The highest BCUT2D eigenvalue weighted by atomic mass is 32.2. The van der Waals surface area contributed by atoms with E-state index >= 15 is 0 Å². The lowest BCUT2D eigenvalue weighted by atomic mass is 10.0. The predicted octanol–water partition coefficient (Wildman–Crippen LogP) is 6.04. The first-order valence-corrected chi connectivity index (χ1v) is 12.1. The van der Waals surface area contributed by atoms with Gasteiger partial charge in [-0.1, -0.05) is 35.5 Å². The molecule has 2 aliphatic rings. The zero-order chi connectivity index (χ0) is 23.1. The highest BCUT2D eigenvalue weighted by molar-refractivity contribution is 7.99. The first-order chi connectivity index (χ1) is 16.7. The van der Waals surface area contributed by atoms with Gasteiger partial charge in [0.15, 0.2) is 21.7 Å². The van der Waals surface area contributed by atoms with E-state index in [-0.39, 0.29) is 18.9 Å². The highest BCUT2D eigenvalue weighted by Gasteiger charge is 2.43. The molecule has 170 valence electrons. The number of benzene rings is 2. The molecule has 6 nitrogen and oxygen atoms in total. The Morgan fingerprint density at radius 1 is 1.00 bits per heavy atom. The van der Waals surface area contributed by atoms with E-state index in [0.29, 0.717) is 10.9 Å². The third kappa shape index (κ3) is 3.89. The van der Waals surface area contributed by atoms with Crippen molar-refractivity contribution in [3.05, 3.63) is 96.0 Å². The standard InChI is InChI=1S/C26H21N3O3S2/c1-16-5-8-18(9-6-16)34-23-12-11-21(32-23)25-24(19-4-2-3-13-27-19)28-26(33)29(25)17-7-10-20-22(14-17)31-15-30-20/h2-14,24-25H,15H2,1H3,(H,28,33). The molecular formula is C26H21N3O3S2. The molecule has 0 radical (unpaired) electrons. The van der Waals surface area contributed by atoms with Gasteiger partial charge in [0.1, 0.15) is 11.8 Å². The Hall–Kier alpha value is -3.49. The SMILES string of the molecule is Cc1ccc(Sc2ccc(C3C(c4ccccn4)NC(=S)N3c3ccc4c(c3)OCO4)o2)cc1. The molecule has 0 spiro atoms. The predicted molar refractivity (Wildman–Crippen MR) is 135 cm³/mol.